The highest BCUT2D eigenvalue weighted by Gasteiger charge is 2.19. The molecule has 20 heavy (non-hydrogen) atoms. The number of rotatable bonds is 5. The van der Waals surface area contributed by atoms with E-state index >= 15 is 0 Å². The van der Waals surface area contributed by atoms with Crippen LogP contribution < -0.4 is 10.5 Å². The fourth-order valence-electron chi connectivity index (χ4n) is 1.72. The van der Waals surface area contributed by atoms with Crippen LogP contribution in [0.4, 0.5) is 0 Å². The Morgan fingerprint density at radius 2 is 2.15 bits per heavy atom. The van der Waals surface area contributed by atoms with Gasteiger partial charge in [0.15, 0.2) is 5.78 Å². The second-order valence-electron chi connectivity index (χ2n) is 4.21. The first kappa shape index (κ1) is 15.0. The van der Waals surface area contributed by atoms with Crippen molar-refractivity contribution >= 4 is 49.1 Å². The molecular weight excluding hydrogens is 346 g/mol. The Morgan fingerprint density at radius 3 is 2.75 bits per heavy atom. The number of Topliss-reactive ketones (excluding diaryl/α,β-unsaturated/α-hetero) is 1. The predicted octanol–water partition coefficient (Wildman–Crippen LogP) is 2.66. The number of halogens is 1. The van der Waals surface area contributed by atoms with Crippen LogP contribution in [0.5, 0.6) is 5.75 Å². The van der Waals surface area contributed by atoms with Gasteiger partial charge in [-0.05, 0) is 39.5 Å². The van der Waals surface area contributed by atoms with E-state index in [1.54, 1.807) is 13.2 Å². The molecule has 0 bridgehead atoms. The van der Waals surface area contributed by atoms with Gasteiger partial charge in [-0.1, -0.05) is 0 Å². The van der Waals surface area contributed by atoms with Crippen molar-refractivity contribution in [2.24, 2.45) is 5.73 Å². The van der Waals surface area contributed by atoms with E-state index in [1.165, 1.54) is 11.3 Å². The summed E-state index contributed by atoms with van der Waals surface area (Å²) in [5.74, 6) is -0.763. The first-order valence-corrected chi connectivity index (χ1v) is 7.32. The maximum Gasteiger partial charge on any atom is 0.320 e. The number of carbonyl (C=O) groups is 2. The summed E-state index contributed by atoms with van der Waals surface area (Å²) < 4.78 is 6.89. The number of thiophene rings is 1. The lowest BCUT2D eigenvalue weighted by Crippen LogP contribution is -2.32. The summed E-state index contributed by atoms with van der Waals surface area (Å²) in [7, 11) is 1.57. The van der Waals surface area contributed by atoms with Crippen molar-refractivity contribution < 1.29 is 19.4 Å². The van der Waals surface area contributed by atoms with Crippen molar-refractivity contribution in [2.75, 3.05) is 7.11 Å². The molecule has 0 aliphatic heterocycles. The number of ketones is 1. The van der Waals surface area contributed by atoms with Gasteiger partial charge in [0.05, 0.1) is 16.5 Å². The molecule has 3 N–H and O–H groups in total. The van der Waals surface area contributed by atoms with Crippen LogP contribution in [0.3, 0.4) is 0 Å². The van der Waals surface area contributed by atoms with E-state index in [0.29, 0.717) is 10.6 Å². The van der Waals surface area contributed by atoms with E-state index in [-0.39, 0.29) is 12.2 Å². The molecule has 0 amide bonds. The lowest BCUT2D eigenvalue weighted by Gasteiger charge is -2.02. The summed E-state index contributed by atoms with van der Waals surface area (Å²) in [6.07, 6.45) is -0.208. The molecule has 0 spiro atoms. The summed E-state index contributed by atoms with van der Waals surface area (Å²) in [6, 6.07) is 4.26. The zero-order valence-electron chi connectivity index (χ0n) is 10.6. The van der Waals surface area contributed by atoms with E-state index in [2.05, 4.69) is 15.9 Å². The minimum Gasteiger partial charge on any atom is -0.496 e. The largest absolute Gasteiger partial charge is 0.496 e. The average Bonchev–Trinajstić information content (AvgIpc) is 2.80. The van der Waals surface area contributed by atoms with E-state index in [4.69, 9.17) is 15.6 Å². The summed E-state index contributed by atoms with van der Waals surface area (Å²) in [5, 5.41) is 9.62. The van der Waals surface area contributed by atoms with Gasteiger partial charge in [0.2, 0.25) is 0 Å². The fourth-order valence-corrected chi connectivity index (χ4v) is 3.27. The number of carboxylic acids is 1. The van der Waals surface area contributed by atoms with Crippen molar-refractivity contribution in [3.63, 3.8) is 0 Å². The Kier molecular flexibility index (Phi) is 4.42. The number of hydrogen-bond donors (Lipinski definition) is 2. The van der Waals surface area contributed by atoms with Gasteiger partial charge >= 0.3 is 5.97 Å². The number of carbonyl (C=O) groups excluding carboxylic acids is 1. The number of nitrogens with two attached hydrogens (primary N) is 1. The number of hydrogen-bond acceptors (Lipinski definition) is 5. The molecular formula is C13H12BrNO4S. The summed E-state index contributed by atoms with van der Waals surface area (Å²) >= 11 is 4.68. The van der Waals surface area contributed by atoms with Crippen LogP contribution in [0.1, 0.15) is 16.1 Å². The van der Waals surface area contributed by atoms with E-state index in [0.717, 1.165) is 14.6 Å². The molecule has 0 saturated heterocycles. The van der Waals surface area contributed by atoms with Crippen LogP contribution in [-0.2, 0) is 4.79 Å². The standard InChI is InChI=1S/C13H12BrNO4S/c1-19-10-5-11-6(2-7(10)14)3-12(20-11)9(16)4-8(15)13(17)18/h2-3,5,8H,4,15H2,1H3,(H,17,18)/t8-/m1/s1. The van der Waals surface area contributed by atoms with Crippen LogP contribution in [0.25, 0.3) is 10.1 Å². The maximum atomic E-state index is 12.0. The number of aliphatic carboxylic acids is 1. The van der Waals surface area contributed by atoms with Crippen molar-refractivity contribution in [1.29, 1.82) is 0 Å². The Bertz CT molecular complexity index is 682. The Morgan fingerprint density at radius 1 is 1.45 bits per heavy atom. The highest BCUT2D eigenvalue weighted by Crippen LogP contribution is 2.35. The van der Waals surface area contributed by atoms with Gasteiger partial charge in [-0.2, -0.15) is 0 Å². The fraction of sp³-hybridized carbons (Fsp3) is 0.231. The molecule has 1 aromatic carbocycles. The number of benzene rings is 1. The molecule has 0 unspecified atom stereocenters. The van der Waals surface area contributed by atoms with Crippen molar-refractivity contribution in [3.8, 4) is 5.75 Å². The number of carboxylic acid groups (broad SMARTS) is 1. The second-order valence-corrected chi connectivity index (χ2v) is 6.15. The van der Waals surface area contributed by atoms with Gasteiger partial charge in [-0.15, -0.1) is 11.3 Å². The molecule has 7 heteroatoms. The zero-order chi connectivity index (χ0) is 14.9. The first-order valence-electron chi connectivity index (χ1n) is 5.71. The van der Waals surface area contributed by atoms with Crippen molar-refractivity contribution in [2.45, 2.75) is 12.5 Å². The third-order valence-corrected chi connectivity index (χ3v) is 4.55. The topological polar surface area (TPSA) is 89.6 Å². The van der Waals surface area contributed by atoms with Gasteiger partial charge in [0.25, 0.3) is 0 Å². The Hall–Kier alpha value is -1.44. The van der Waals surface area contributed by atoms with E-state index in [1.807, 2.05) is 12.1 Å². The van der Waals surface area contributed by atoms with Crippen LogP contribution in [0, 0.1) is 0 Å². The molecule has 0 aliphatic carbocycles. The summed E-state index contributed by atoms with van der Waals surface area (Å²) in [5.41, 5.74) is 5.38. The molecule has 1 heterocycles. The molecule has 5 nitrogen and oxygen atoms in total. The first-order chi connectivity index (χ1) is 9.42. The monoisotopic (exact) mass is 357 g/mol. The molecule has 2 rings (SSSR count). The lowest BCUT2D eigenvalue weighted by atomic mass is 10.1. The molecule has 0 fully saturated rings. The van der Waals surface area contributed by atoms with Crippen LogP contribution in [-0.4, -0.2) is 30.0 Å². The van der Waals surface area contributed by atoms with Gasteiger partial charge < -0.3 is 15.6 Å². The average molecular weight is 358 g/mol. The Balaban J connectivity index is 2.32. The van der Waals surface area contributed by atoms with E-state index in [9.17, 15) is 9.59 Å². The minimum absolute atomic E-state index is 0.208. The minimum atomic E-state index is -1.18. The maximum absolute atomic E-state index is 12.0. The molecule has 106 valence electrons. The molecule has 0 saturated carbocycles. The Labute approximate surface area is 127 Å². The summed E-state index contributed by atoms with van der Waals surface area (Å²) in [4.78, 5) is 23.2. The van der Waals surface area contributed by atoms with E-state index < -0.39 is 12.0 Å². The summed E-state index contributed by atoms with van der Waals surface area (Å²) in [6.45, 7) is 0. The number of methoxy groups -OCH3 is 1. The highest BCUT2D eigenvalue weighted by atomic mass is 79.9. The third-order valence-electron chi connectivity index (χ3n) is 2.79. The molecule has 1 aromatic heterocycles. The third kappa shape index (κ3) is 3.00. The van der Waals surface area contributed by atoms with Crippen LogP contribution in [0.15, 0.2) is 22.7 Å². The SMILES string of the molecule is COc1cc2sc(C(=O)C[C@@H](N)C(=O)O)cc2cc1Br. The molecule has 0 radical (unpaired) electrons. The van der Waals surface area contributed by atoms with Gasteiger partial charge in [-0.3, -0.25) is 9.59 Å². The van der Waals surface area contributed by atoms with Crippen molar-refractivity contribution in [1.82, 2.24) is 0 Å². The predicted molar refractivity (Wildman–Crippen MR) is 80.6 cm³/mol. The quantitative estimate of drug-likeness (QED) is 0.802. The van der Waals surface area contributed by atoms with Crippen molar-refractivity contribution in [3.05, 3.63) is 27.5 Å². The molecule has 0 aliphatic rings. The second kappa shape index (κ2) is 5.90. The lowest BCUT2D eigenvalue weighted by molar-refractivity contribution is -0.138. The van der Waals surface area contributed by atoms with Crippen LogP contribution >= 0.6 is 27.3 Å². The number of fused-ring (bicyclic) bond motifs is 1. The van der Waals surface area contributed by atoms with Gasteiger partial charge in [-0.25, -0.2) is 0 Å². The number of ether oxygens (including phenoxy) is 1. The smallest absolute Gasteiger partial charge is 0.320 e. The highest BCUT2D eigenvalue weighted by molar-refractivity contribution is 9.10. The zero-order valence-corrected chi connectivity index (χ0v) is 13.0. The molecule has 2 aromatic rings. The van der Waals surface area contributed by atoms with Gasteiger partial charge in [0.1, 0.15) is 11.8 Å². The molecule has 1 atom stereocenters. The van der Waals surface area contributed by atoms with Crippen LogP contribution in [0.2, 0.25) is 0 Å². The normalized spacial score (nSPS) is 12.3. The van der Waals surface area contributed by atoms with Gasteiger partial charge in [0, 0.05) is 11.1 Å².